The van der Waals surface area contributed by atoms with Crippen molar-refractivity contribution in [2.24, 2.45) is 0 Å². The maximum absolute atomic E-state index is 12.7. The number of carbonyl (C=O) groups is 1. The lowest BCUT2D eigenvalue weighted by Crippen LogP contribution is -2.07. The van der Waals surface area contributed by atoms with Gasteiger partial charge < -0.3 is 14.9 Å². The summed E-state index contributed by atoms with van der Waals surface area (Å²) in [7, 11) is 0. The van der Waals surface area contributed by atoms with Gasteiger partial charge in [0.1, 0.15) is 17.2 Å². The first-order valence-corrected chi connectivity index (χ1v) is 17.7. The summed E-state index contributed by atoms with van der Waals surface area (Å²) in [6.07, 6.45) is 44.5. The number of rotatable bonds is 23. The van der Waals surface area contributed by atoms with Crippen LogP contribution in [0.2, 0.25) is 0 Å². The van der Waals surface area contributed by atoms with Gasteiger partial charge in [0, 0.05) is 11.6 Å². The van der Waals surface area contributed by atoms with Gasteiger partial charge in [-0.1, -0.05) is 175 Å². The number of phenols is 2. The summed E-state index contributed by atoms with van der Waals surface area (Å²) in [6.45, 7) is 4.41. The van der Waals surface area contributed by atoms with E-state index >= 15 is 0 Å². The van der Waals surface area contributed by atoms with Crippen LogP contribution in [-0.2, 0) is 17.6 Å². The number of ether oxygens (including phenoxy) is 1. The van der Waals surface area contributed by atoms with E-state index in [9.17, 15) is 15.0 Å². The monoisotopic (exact) mass is 648 g/mol. The highest BCUT2D eigenvalue weighted by molar-refractivity contribution is 5.84. The summed E-state index contributed by atoms with van der Waals surface area (Å²) in [4.78, 5) is 12.7. The topological polar surface area (TPSA) is 66.8 Å². The van der Waals surface area contributed by atoms with Crippen LogP contribution in [0.5, 0.6) is 17.2 Å². The third-order valence-corrected chi connectivity index (χ3v) is 7.66. The standard InChI is InChI=1S/C44H56O4/c1-3-5-7-8-9-19-22-26-30-41-42(46)36-39(29-24-6-4-2)37-43(41)48-44(47)31-27-23-20-17-15-13-11-10-12-14-16-18-21-25-28-38-32-34-40(45)35-33-38/h10-18,20-21,23,25,27-28,31-37,45-46H,3-9,19,22,24,26,29-30H2,1-2H3. The van der Waals surface area contributed by atoms with Crippen LogP contribution in [0, 0.1) is 0 Å². The van der Waals surface area contributed by atoms with Gasteiger partial charge in [-0.05, 0) is 61.1 Å². The molecule has 4 heteroatoms. The maximum Gasteiger partial charge on any atom is 0.336 e. The summed E-state index contributed by atoms with van der Waals surface area (Å²) in [5.41, 5.74) is 2.76. The van der Waals surface area contributed by atoms with Crippen molar-refractivity contribution in [3.05, 3.63) is 144 Å². The largest absolute Gasteiger partial charge is 0.508 e. The fraction of sp³-hybridized carbons (Fsp3) is 0.341. The van der Waals surface area contributed by atoms with Crippen molar-refractivity contribution in [1.29, 1.82) is 0 Å². The van der Waals surface area contributed by atoms with E-state index in [0.717, 1.165) is 55.2 Å². The fourth-order valence-corrected chi connectivity index (χ4v) is 4.99. The Balaban J connectivity index is 1.80. The molecule has 2 rings (SSSR count). The van der Waals surface area contributed by atoms with E-state index in [0.29, 0.717) is 12.2 Å². The quantitative estimate of drug-likeness (QED) is 0.0414. The minimum absolute atomic E-state index is 0.232. The number of unbranched alkanes of at least 4 members (excludes halogenated alkanes) is 9. The summed E-state index contributed by atoms with van der Waals surface area (Å²) < 4.78 is 5.76. The molecular weight excluding hydrogens is 592 g/mol. The van der Waals surface area contributed by atoms with Crippen LogP contribution < -0.4 is 4.74 Å². The number of aromatic hydroxyl groups is 2. The molecule has 0 heterocycles. The smallest absolute Gasteiger partial charge is 0.336 e. The Morgan fingerprint density at radius 1 is 0.583 bits per heavy atom. The molecular formula is C44H56O4. The van der Waals surface area contributed by atoms with Crippen LogP contribution in [0.4, 0.5) is 0 Å². The van der Waals surface area contributed by atoms with Crippen molar-refractivity contribution in [3.8, 4) is 17.2 Å². The molecule has 0 amide bonds. The van der Waals surface area contributed by atoms with Crippen molar-refractivity contribution in [2.75, 3.05) is 0 Å². The summed E-state index contributed by atoms with van der Waals surface area (Å²) in [5.74, 6) is 0.526. The van der Waals surface area contributed by atoms with Crippen LogP contribution in [0.25, 0.3) is 6.08 Å². The third kappa shape index (κ3) is 19.2. The maximum atomic E-state index is 12.7. The Morgan fingerprint density at radius 2 is 1.06 bits per heavy atom. The molecule has 0 atom stereocenters. The van der Waals surface area contributed by atoms with Crippen molar-refractivity contribution in [3.63, 3.8) is 0 Å². The van der Waals surface area contributed by atoms with Gasteiger partial charge in [-0.25, -0.2) is 4.79 Å². The number of allylic oxidation sites excluding steroid dienone is 14. The number of hydrogen-bond acceptors (Lipinski definition) is 4. The Kier molecular flexibility index (Phi) is 21.9. The normalized spacial score (nSPS) is 12.6. The molecule has 0 aliphatic rings. The van der Waals surface area contributed by atoms with E-state index in [1.807, 2.05) is 103 Å². The van der Waals surface area contributed by atoms with Crippen LogP contribution in [0.1, 0.15) is 101 Å². The zero-order valence-corrected chi connectivity index (χ0v) is 29.1. The Bertz CT molecular complexity index is 1410. The molecule has 0 saturated heterocycles. The molecule has 0 unspecified atom stereocenters. The Labute approximate surface area is 290 Å². The molecule has 48 heavy (non-hydrogen) atoms. The van der Waals surface area contributed by atoms with Crippen molar-refractivity contribution in [1.82, 2.24) is 0 Å². The van der Waals surface area contributed by atoms with Gasteiger partial charge in [0.2, 0.25) is 0 Å². The fourth-order valence-electron chi connectivity index (χ4n) is 4.99. The van der Waals surface area contributed by atoms with Crippen molar-refractivity contribution >= 4 is 12.0 Å². The average Bonchev–Trinajstić information content (AvgIpc) is 3.07. The molecule has 0 bridgehead atoms. The van der Waals surface area contributed by atoms with E-state index in [2.05, 4.69) is 13.8 Å². The van der Waals surface area contributed by atoms with Crippen LogP contribution in [0.3, 0.4) is 0 Å². The predicted molar refractivity (Wildman–Crippen MR) is 204 cm³/mol. The minimum atomic E-state index is -0.452. The van der Waals surface area contributed by atoms with Crippen LogP contribution in [0.15, 0.2) is 128 Å². The SMILES string of the molecule is CCCCCCCCCCc1c(O)cc(CCCCC)cc1OC(=O)C=CC=CC=CC=CC=CC=CC=CC=Cc1ccc(O)cc1. The van der Waals surface area contributed by atoms with Gasteiger partial charge in [0.15, 0.2) is 0 Å². The second-order valence-electron chi connectivity index (χ2n) is 11.8. The van der Waals surface area contributed by atoms with Crippen molar-refractivity contribution in [2.45, 2.75) is 97.3 Å². The Morgan fingerprint density at radius 3 is 1.65 bits per heavy atom. The molecule has 0 aliphatic carbocycles. The Hall–Kier alpha value is -4.57. The third-order valence-electron chi connectivity index (χ3n) is 7.66. The van der Waals surface area contributed by atoms with Gasteiger partial charge in [0.25, 0.3) is 0 Å². The first-order chi connectivity index (χ1) is 23.5. The highest BCUT2D eigenvalue weighted by atomic mass is 16.5. The molecule has 0 aromatic heterocycles. The van der Waals surface area contributed by atoms with E-state index in [4.69, 9.17) is 4.74 Å². The summed E-state index contributed by atoms with van der Waals surface area (Å²) in [6, 6.07) is 10.8. The molecule has 0 aliphatic heterocycles. The van der Waals surface area contributed by atoms with Gasteiger partial charge in [-0.15, -0.1) is 0 Å². The van der Waals surface area contributed by atoms with Crippen LogP contribution >= 0.6 is 0 Å². The minimum Gasteiger partial charge on any atom is -0.508 e. The molecule has 2 aromatic rings. The molecule has 0 fully saturated rings. The number of carbonyl (C=O) groups excluding carboxylic acids is 1. The molecule has 0 spiro atoms. The molecule has 4 nitrogen and oxygen atoms in total. The molecule has 2 aromatic carbocycles. The molecule has 0 radical (unpaired) electrons. The molecule has 2 N–H and O–H groups in total. The number of aryl methyl sites for hydroxylation is 1. The highest BCUT2D eigenvalue weighted by Crippen LogP contribution is 2.32. The second-order valence-corrected chi connectivity index (χ2v) is 11.8. The van der Waals surface area contributed by atoms with Crippen molar-refractivity contribution < 1.29 is 19.7 Å². The number of hydrogen-bond donors (Lipinski definition) is 2. The van der Waals surface area contributed by atoms with Gasteiger partial charge in [0.05, 0.1) is 0 Å². The lowest BCUT2D eigenvalue weighted by Gasteiger charge is -2.14. The predicted octanol–water partition coefficient (Wildman–Crippen LogP) is 12.0. The lowest BCUT2D eigenvalue weighted by molar-refractivity contribution is -0.129. The van der Waals surface area contributed by atoms with Gasteiger partial charge in [-0.2, -0.15) is 0 Å². The first-order valence-electron chi connectivity index (χ1n) is 17.7. The number of esters is 1. The number of phenolic OH excluding ortho intramolecular Hbond substituents is 2. The van der Waals surface area contributed by atoms with E-state index in [1.165, 1.54) is 44.6 Å². The second kappa shape index (κ2) is 26.5. The highest BCUT2D eigenvalue weighted by Gasteiger charge is 2.14. The van der Waals surface area contributed by atoms with Crippen LogP contribution in [-0.4, -0.2) is 16.2 Å². The molecule has 256 valence electrons. The zero-order valence-electron chi connectivity index (χ0n) is 29.1. The molecule has 0 saturated carbocycles. The summed E-state index contributed by atoms with van der Waals surface area (Å²) in [5, 5.41) is 20.2. The summed E-state index contributed by atoms with van der Waals surface area (Å²) >= 11 is 0. The lowest BCUT2D eigenvalue weighted by atomic mass is 9.99. The average molecular weight is 649 g/mol. The van der Waals surface area contributed by atoms with Gasteiger partial charge >= 0.3 is 5.97 Å². The van der Waals surface area contributed by atoms with E-state index in [-0.39, 0.29) is 11.5 Å². The van der Waals surface area contributed by atoms with E-state index in [1.54, 1.807) is 24.3 Å². The first kappa shape index (κ1) is 39.6. The van der Waals surface area contributed by atoms with Gasteiger partial charge in [-0.3, -0.25) is 0 Å². The van der Waals surface area contributed by atoms with E-state index < -0.39 is 5.97 Å². The number of benzene rings is 2. The zero-order chi connectivity index (χ0) is 34.5.